The van der Waals surface area contributed by atoms with Gasteiger partial charge in [-0.1, -0.05) is 36.4 Å². The molecule has 30 heavy (non-hydrogen) atoms. The number of hydrogen-bond acceptors (Lipinski definition) is 4. The number of nitrogens with one attached hydrogen (secondary N) is 1. The molecule has 0 saturated carbocycles. The summed E-state index contributed by atoms with van der Waals surface area (Å²) in [6, 6.07) is 15.5. The van der Waals surface area contributed by atoms with Crippen LogP contribution in [0.1, 0.15) is 25.0 Å². The second-order valence-corrected chi connectivity index (χ2v) is 8.36. The predicted octanol–water partition coefficient (Wildman–Crippen LogP) is 4.51. The third-order valence-electron chi connectivity index (χ3n) is 5.01. The summed E-state index contributed by atoms with van der Waals surface area (Å²) in [5.41, 5.74) is 3.44. The number of carbonyl (C=O) groups is 1. The van der Waals surface area contributed by atoms with E-state index in [-0.39, 0.29) is 17.6 Å². The minimum absolute atomic E-state index is 0.0658. The average molecular weight is 433 g/mol. The van der Waals surface area contributed by atoms with Crippen molar-refractivity contribution < 1.29 is 13.6 Å². The molecule has 0 bridgehead atoms. The van der Waals surface area contributed by atoms with Gasteiger partial charge in [-0.25, -0.2) is 4.98 Å². The molecule has 1 N–H and O–H groups in total. The van der Waals surface area contributed by atoms with E-state index in [1.54, 1.807) is 28.8 Å². The first-order valence-corrected chi connectivity index (χ1v) is 10.7. The molecule has 5 nitrogen and oxygen atoms in total. The van der Waals surface area contributed by atoms with Crippen molar-refractivity contribution in [1.82, 2.24) is 19.8 Å². The highest BCUT2D eigenvalue weighted by Gasteiger charge is 2.18. The number of hydrogen-bond donors (Lipinski definition) is 1. The lowest BCUT2D eigenvalue weighted by molar-refractivity contribution is -0.121. The lowest BCUT2D eigenvalue weighted by Crippen LogP contribution is -2.29. The largest absolute Gasteiger partial charge is 0.350 e. The van der Waals surface area contributed by atoms with Crippen molar-refractivity contribution in [3.05, 3.63) is 59.7 Å². The maximum absolute atomic E-state index is 12.9. The van der Waals surface area contributed by atoms with Crippen molar-refractivity contribution in [2.75, 3.05) is 7.05 Å². The van der Waals surface area contributed by atoms with Gasteiger partial charge in [0, 0.05) is 19.1 Å². The summed E-state index contributed by atoms with van der Waals surface area (Å²) in [7, 11) is 2.06. The zero-order valence-corrected chi connectivity index (χ0v) is 18.1. The fourth-order valence-corrected chi connectivity index (χ4v) is 3.71. The third kappa shape index (κ3) is 5.58. The summed E-state index contributed by atoms with van der Waals surface area (Å²) >= 11 is 0.352. The van der Waals surface area contributed by atoms with Gasteiger partial charge in [-0.05, 0) is 55.9 Å². The van der Waals surface area contributed by atoms with Gasteiger partial charge in [0.1, 0.15) is 6.54 Å². The number of fused-ring (bicyclic) bond motifs is 1. The molecule has 0 aliphatic carbocycles. The molecule has 0 aliphatic heterocycles. The molecule has 1 amide bonds. The van der Waals surface area contributed by atoms with Gasteiger partial charge in [0.05, 0.1) is 11.0 Å². The van der Waals surface area contributed by atoms with Crippen molar-refractivity contribution in [1.29, 1.82) is 0 Å². The summed E-state index contributed by atoms with van der Waals surface area (Å²) in [5, 5.41) is 3.06. The summed E-state index contributed by atoms with van der Waals surface area (Å²) in [4.78, 5) is 19.1. The van der Waals surface area contributed by atoms with Crippen LogP contribution in [0.4, 0.5) is 8.78 Å². The Labute approximate surface area is 179 Å². The van der Waals surface area contributed by atoms with E-state index in [1.807, 2.05) is 18.2 Å². The number of benzene rings is 2. The molecule has 1 heterocycles. The molecule has 0 aliphatic rings. The number of para-hydroxylation sites is 2. The SMILES string of the molecule is CC(C)N(C)Cc1ccccc1CNC(=O)Cn1c(SC(F)F)nc2ccccc21. The Morgan fingerprint density at radius 2 is 1.80 bits per heavy atom. The molecule has 0 radical (unpaired) electrons. The zero-order chi connectivity index (χ0) is 21.7. The smallest absolute Gasteiger partial charge is 0.291 e. The Hall–Kier alpha value is -2.45. The Kier molecular flexibility index (Phi) is 7.44. The molecule has 3 aromatic rings. The van der Waals surface area contributed by atoms with Crippen LogP contribution in [0.25, 0.3) is 11.0 Å². The number of aromatic nitrogens is 2. The molecule has 0 saturated heterocycles. The van der Waals surface area contributed by atoms with Crippen molar-refractivity contribution in [3.63, 3.8) is 0 Å². The molecule has 3 rings (SSSR count). The van der Waals surface area contributed by atoms with Gasteiger partial charge in [-0.15, -0.1) is 0 Å². The first-order valence-electron chi connectivity index (χ1n) is 9.79. The summed E-state index contributed by atoms with van der Waals surface area (Å²) in [6.07, 6.45) is 0. The summed E-state index contributed by atoms with van der Waals surface area (Å²) in [5.74, 6) is -2.85. The zero-order valence-electron chi connectivity index (χ0n) is 17.3. The predicted molar refractivity (Wildman–Crippen MR) is 116 cm³/mol. The number of imidazole rings is 1. The van der Waals surface area contributed by atoms with Gasteiger partial charge in [-0.3, -0.25) is 9.69 Å². The topological polar surface area (TPSA) is 50.2 Å². The first-order chi connectivity index (χ1) is 14.3. The van der Waals surface area contributed by atoms with Crippen LogP contribution in [0.5, 0.6) is 0 Å². The number of nitrogens with zero attached hydrogens (tertiary/aromatic N) is 3. The van der Waals surface area contributed by atoms with E-state index in [4.69, 9.17) is 0 Å². The molecule has 0 spiro atoms. The molecule has 0 unspecified atom stereocenters. The molecular weight excluding hydrogens is 406 g/mol. The highest BCUT2D eigenvalue weighted by Crippen LogP contribution is 2.28. The summed E-state index contributed by atoms with van der Waals surface area (Å²) < 4.78 is 27.4. The van der Waals surface area contributed by atoms with Crippen LogP contribution >= 0.6 is 11.8 Å². The van der Waals surface area contributed by atoms with Crippen molar-refractivity contribution >= 4 is 28.7 Å². The van der Waals surface area contributed by atoms with Crippen LogP contribution < -0.4 is 5.32 Å². The quantitative estimate of drug-likeness (QED) is 0.506. The lowest BCUT2D eigenvalue weighted by atomic mass is 10.1. The van der Waals surface area contributed by atoms with Crippen LogP contribution in [-0.4, -0.2) is 39.2 Å². The molecule has 8 heteroatoms. The monoisotopic (exact) mass is 432 g/mol. The molecule has 2 aromatic carbocycles. The molecule has 0 atom stereocenters. The normalized spacial score (nSPS) is 11.7. The van der Waals surface area contributed by atoms with Gasteiger partial charge >= 0.3 is 0 Å². The average Bonchev–Trinajstić information content (AvgIpc) is 3.03. The van der Waals surface area contributed by atoms with E-state index in [9.17, 15) is 13.6 Å². The number of thioether (sulfide) groups is 1. The number of rotatable bonds is 9. The summed E-state index contributed by atoms with van der Waals surface area (Å²) in [6.45, 7) is 5.36. The molecule has 160 valence electrons. The van der Waals surface area contributed by atoms with Gasteiger partial charge in [-0.2, -0.15) is 8.78 Å². The standard InChI is InChI=1S/C22H26F2N4OS/c1-15(2)27(3)13-17-9-5-4-8-16(17)12-25-20(29)14-28-19-11-7-6-10-18(19)26-22(28)30-21(23)24/h4-11,15,21H,12-14H2,1-3H3,(H,25,29). The minimum Gasteiger partial charge on any atom is -0.350 e. The second-order valence-electron chi connectivity index (χ2n) is 7.40. The van der Waals surface area contributed by atoms with E-state index >= 15 is 0 Å². The van der Waals surface area contributed by atoms with Gasteiger partial charge in [0.2, 0.25) is 5.91 Å². The van der Waals surface area contributed by atoms with Gasteiger partial charge in [0.25, 0.3) is 5.76 Å². The molecule has 0 fully saturated rings. The van der Waals surface area contributed by atoms with E-state index in [2.05, 4.69) is 42.2 Å². The van der Waals surface area contributed by atoms with Crippen molar-refractivity contribution in [3.8, 4) is 0 Å². The van der Waals surface area contributed by atoms with E-state index in [0.29, 0.717) is 35.4 Å². The Bertz CT molecular complexity index is 1010. The van der Waals surface area contributed by atoms with Crippen molar-refractivity contribution in [2.45, 2.75) is 50.4 Å². The third-order valence-corrected chi connectivity index (χ3v) is 5.71. The second kappa shape index (κ2) is 10.0. The number of alkyl halides is 2. The maximum Gasteiger partial charge on any atom is 0.291 e. The number of halogens is 2. The van der Waals surface area contributed by atoms with Crippen LogP contribution in [-0.2, 0) is 24.4 Å². The van der Waals surface area contributed by atoms with E-state index < -0.39 is 5.76 Å². The van der Waals surface area contributed by atoms with E-state index in [1.165, 1.54) is 0 Å². The molecule has 1 aromatic heterocycles. The van der Waals surface area contributed by atoms with Crippen LogP contribution in [0.2, 0.25) is 0 Å². The fourth-order valence-electron chi connectivity index (χ4n) is 3.10. The Morgan fingerprint density at radius 3 is 2.50 bits per heavy atom. The van der Waals surface area contributed by atoms with Gasteiger partial charge < -0.3 is 9.88 Å². The highest BCUT2D eigenvalue weighted by atomic mass is 32.2. The van der Waals surface area contributed by atoms with E-state index in [0.717, 1.165) is 17.7 Å². The van der Waals surface area contributed by atoms with Crippen LogP contribution in [0.15, 0.2) is 53.7 Å². The van der Waals surface area contributed by atoms with Gasteiger partial charge in [0.15, 0.2) is 5.16 Å². The fraction of sp³-hybridized carbons (Fsp3) is 0.364. The van der Waals surface area contributed by atoms with Crippen molar-refractivity contribution in [2.24, 2.45) is 0 Å². The maximum atomic E-state index is 12.9. The first kappa shape index (κ1) is 22.2. The van der Waals surface area contributed by atoms with Crippen LogP contribution in [0.3, 0.4) is 0 Å². The molecular formula is C22H26F2N4OS. The number of carbonyl (C=O) groups excluding carboxylic acids is 1. The minimum atomic E-state index is -2.60. The number of amides is 1. The lowest BCUT2D eigenvalue weighted by Gasteiger charge is -2.22. The Morgan fingerprint density at radius 1 is 1.13 bits per heavy atom. The van der Waals surface area contributed by atoms with Crippen LogP contribution in [0, 0.1) is 0 Å². The highest BCUT2D eigenvalue weighted by molar-refractivity contribution is 7.99. The Balaban J connectivity index is 1.72.